The third kappa shape index (κ3) is 5.00. The van der Waals surface area contributed by atoms with Crippen LogP contribution in [-0.4, -0.2) is 38.0 Å². The highest BCUT2D eigenvalue weighted by molar-refractivity contribution is 6.30. The molecular formula is C23H20ClN7. The van der Waals surface area contributed by atoms with E-state index in [0.29, 0.717) is 24.1 Å². The summed E-state index contributed by atoms with van der Waals surface area (Å²) in [6.07, 6.45) is 10.6. The third-order valence-corrected chi connectivity index (χ3v) is 4.76. The number of aromatic amines is 1. The molecule has 1 aromatic carbocycles. The van der Waals surface area contributed by atoms with Crippen LogP contribution in [-0.2, 0) is 0 Å². The van der Waals surface area contributed by atoms with Crippen molar-refractivity contribution in [2.24, 2.45) is 0 Å². The zero-order valence-corrected chi connectivity index (χ0v) is 17.6. The van der Waals surface area contributed by atoms with Crippen LogP contribution in [0.5, 0.6) is 0 Å². The molecule has 0 saturated heterocycles. The van der Waals surface area contributed by atoms with E-state index in [1.165, 1.54) is 0 Å². The Labute approximate surface area is 185 Å². The number of aromatic nitrogens is 5. The maximum atomic E-state index is 6.06. The first kappa shape index (κ1) is 20.4. The summed E-state index contributed by atoms with van der Waals surface area (Å²) in [7, 11) is 0. The van der Waals surface area contributed by atoms with Crippen LogP contribution >= 0.6 is 11.6 Å². The molecule has 0 spiro atoms. The van der Waals surface area contributed by atoms with E-state index < -0.39 is 0 Å². The van der Waals surface area contributed by atoms with Crippen LogP contribution in [0.2, 0.25) is 5.02 Å². The SMILES string of the molecule is C#Cc1ccc(NCCNc2ncc(-c3ncc(C)[nH]3)c(-c3ccc(Cl)cc3)n2)nc1. The van der Waals surface area contributed by atoms with E-state index >= 15 is 0 Å². The summed E-state index contributed by atoms with van der Waals surface area (Å²) >= 11 is 6.06. The van der Waals surface area contributed by atoms with Gasteiger partial charge < -0.3 is 15.6 Å². The molecule has 31 heavy (non-hydrogen) atoms. The van der Waals surface area contributed by atoms with Crippen LogP contribution in [0.25, 0.3) is 22.6 Å². The van der Waals surface area contributed by atoms with Gasteiger partial charge in [-0.3, -0.25) is 0 Å². The summed E-state index contributed by atoms with van der Waals surface area (Å²) in [6.45, 7) is 3.20. The first-order valence-electron chi connectivity index (χ1n) is 9.68. The van der Waals surface area contributed by atoms with E-state index in [1.54, 1.807) is 18.6 Å². The lowest BCUT2D eigenvalue weighted by Crippen LogP contribution is -2.16. The van der Waals surface area contributed by atoms with Gasteiger partial charge in [-0.15, -0.1) is 6.42 Å². The second-order valence-electron chi connectivity index (χ2n) is 6.81. The van der Waals surface area contributed by atoms with Gasteiger partial charge in [0, 0.05) is 53.5 Å². The predicted octanol–water partition coefficient (Wildman–Crippen LogP) is 4.40. The van der Waals surface area contributed by atoms with Crippen LogP contribution in [0.15, 0.2) is 55.0 Å². The number of halogens is 1. The molecule has 0 saturated carbocycles. The van der Waals surface area contributed by atoms with Crippen LogP contribution in [0.1, 0.15) is 11.3 Å². The lowest BCUT2D eigenvalue weighted by Gasteiger charge is -2.11. The van der Waals surface area contributed by atoms with E-state index in [1.807, 2.05) is 43.3 Å². The Morgan fingerprint density at radius 1 is 0.968 bits per heavy atom. The normalized spacial score (nSPS) is 10.5. The molecule has 4 aromatic rings. The van der Waals surface area contributed by atoms with Crippen molar-refractivity contribution in [1.82, 2.24) is 24.9 Å². The Morgan fingerprint density at radius 2 is 1.77 bits per heavy atom. The summed E-state index contributed by atoms with van der Waals surface area (Å²) in [5.74, 6) is 4.55. The minimum atomic E-state index is 0.523. The van der Waals surface area contributed by atoms with Crippen molar-refractivity contribution in [2.75, 3.05) is 23.7 Å². The van der Waals surface area contributed by atoms with Gasteiger partial charge in [0.1, 0.15) is 11.6 Å². The van der Waals surface area contributed by atoms with Gasteiger partial charge in [-0.25, -0.2) is 19.9 Å². The Balaban J connectivity index is 1.49. The molecule has 0 aliphatic rings. The highest BCUT2D eigenvalue weighted by Gasteiger charge is 2.14. The molecule has 7 nitrogen and oxygen atoms in total. The summed E-state index contributed by atoms with van der Waals surface area (Å²) in [6, 6.07) is 11.2. The first-order chi connectivity index (χ1) is 15.1. The van der Waals surface area contributed by atoms with Crippen molar-refractivity contribution >= 4 is 23.4 Å². The average molecular weight is 430 g/mol. The van der Waals surface area contributed by atoms with Gasteiger partial charge in [0.15, 0.2) is 0 Å². The number of nitrogens with zero attached hydrogens (tertiary/aromatic N) is 4. The van der Waals surface area contributed by atoms with Crippen LogP contribution in [0, 0.1) is 19.3 Å². The highest BCUT2D eigenvalue weighted by Crippen LogP contribution is 2.30. The lowest BCUT2D eigenvalue weighted by atomic mass is 10.1. The van der Waals surface area contributed by atoms with Crippen LogP contribution in [0.3, 0.4) is 0 Å². The maximum absolute atomic E-state index is 6.06. The van der Waals surface area contributed by atoms with Crippen molar-refractivity contribution in [3.8, 4) is 35.0 Å². The minimum absolute atomic E-state index is 0.523. The highest BCUT2D eigenvalue weighted by atomic mass is 35.5. The largest absolute Gasteiger partial charge is 0.368 e. The van der Waals surface area contributed by atoms with Gasteiger partial charge in [0.25, 0.3) is 0 Å². The Bertz CT molecular complexity index is 1210. The van der Waals surface area contributed by atoms with E-state index in [2.05, 4.69) is 36.5 Å². The van der Waals surface area contributed by atoms with E-state index in [0.717, 1.165) is 39.7 Å². The van der Waals surface area contributed by atoms with Crippen molar-refractivity contribution in [3.05, 3.63) is 71.3 Å². The number of pyridine rings is 1. The Kier molecular flexibility index (Phi) is 6.11. The molecule has 0 unspecified atom stereocenters. The quantitative estimate of drug-likeness (QED) is 0.298. The first-order valence-corrected chi connectivity index (χ1v) is 10.1. The second kappa shape index (κ2) is 9.28. The fraction of sp³-hybridized carbons (Fsp3) is 0.130. The second-order valence-corrected chi connectivity index (χ2v) is 7.24. The van der Waals surface area contributed by atoms with E-state index in [4.69, 9.17) is 23.0 Å². The van der Waals surface area contributed by atoms with Gasteiger partial charge in [-0.1, -0.05) is 29.7 Å². The number of terminal acetylenes is 1. The third-order valence-electron chi connectivity index (χ3n) is 4.51. The molecule has 3 aromatic heterocycles. The molecule has 0 atom stereocenters. The standard InChI is InChI=1S/C23H20ClN7/c1-3-16-4-9-20(27-13-16)25-10-11-26-23-29-14-19(22-28-12-15(2)30-22)21(31-23)17-5-7-18(24)8-6-17/h1,4-9,12-14H,10-11H2,2H3,(H,25,27)(H,28,30)(H,26,29,31). The van der Waals surface area contributed by atoms with Gasteiger partial charge in [-0.05, 0) is 31.2 Å². The number of anilines is 2. The zero-order valence-electron chi connectivity index (χ0n) is 16.9. The van der Waals surface area contributed by atoms with Crippen LogP contribution < -0.4 is 10.6 Å². The molecule has 0 fully saturated rings. The predicted molar refractivity (Wildman–Crippen MR) is 124 cm³/mol. The molecule has 0 aliphatic carbocycles. The molecule has 0 amide bonds. The number of hydrogen-bond acceptors (Lipinski definition) is 6. The molecule has 0 radical (unpaired) electrons. The molecule has 0 aliphatic heterocycles. The van der Waals surface area contributed by atoms with Crippen LogP contribution in [0.4, 0.5) is 11.8 Å². The van der Waals surface area contributed by atoms with Crippen molar-refractivity contribution in [2.45, 2.75) is 6.92 Å². The number of benzene rings is 1. The summed E-state index contributed by atoms with van der Waals surface area (Å²) in [5, 5.41) is 7.14. The van der Waals surface area contributed by atoms with Gasteiger partial charge in [0.2, 0.25) is 5.95 Å². The van der Waals surface area contributed by atoms with Crippen molar-refractivity contribution in [1.29, 1.82) is 0 Å². The molecule has 0 bridgehead atoms. The van der Waals surface area contributed by atoms with Gasteiger partial charge >= 0.3 is 0 Å². The molecule has 4 rings (SSSR count). The number of H-pyrrole nitrogens is 1. The fourth-order valence-electron chi connectivity index (χ4n) is 2.97. The van der Waals surface area contributed by atoms with Crippen molar-refractivity contribution < 1.29 is 0 Å². The zero-order chi connectivity index (χ0) is 21.6. The summed E-state index contributed by atoms with van der Waals surface area (Å²) in [5.41, 5.74) is 4.22. The van der Waals surface area contributed by atoms with E-state index in [9.17, 15) is 0 Å². The molecule has 8 heteroatoms. The molecule has 3 N–H and O–H groups in total. The van der Waals surface area contributed by atoms with Crippen molar-refractivity contribution in [3.63, 3.8) is 0 Å². The smallest absolute Gasteiger partial charge is 0.223 e. The molecule has 154 valence electrons. The summed E-state index contributed by atoms with van der Waals surface area (Å²) < 4.78 is 0. The van der Waals surface area contributed by atoms with Gasteiger partial charge in [-0.2, -0.15) is 0 Å². The maximum Gasteiger partial charge on any atom is 0.223 e. The fourth-order valence-corrected chi connectivity index (χ4v) is 3.09. The number of rotatable bonds is 7. The average Bonchev–Trinajstić information content (AvgIpc) is 3.23. The lowest BCUT2D eigenvalue weighted by molar-refractivity contribution is 1.02. The Morgan fingerprint density at radius 3 is 2.45 bits per heavy atom. The minimum Gasteiger partial charge on any atom is -0.368 e. The van der Waals surface area contributed by atoms with Gasteiger partial charge in [0.05, 0.1) is 11.3 Å². The number of nitrogens with one attached hydrogen (secondary N) is 3. The number of aryl methyl sites for hydroxylation is 1. The molecular weight excluding hydrogens is 410 g/mol. The topological polar surface area (TPSA) is 91.4 Å². The number of imidazole rings is 1. The number of hydrogen-bond donors (Lipinski definition) is 3. The summed E-state index contributed by atoms with van der Waals surface area (Å²) in [4.78, 5) is 21.1. The molecule has 3 heterocycles. The monoisotopic (exact) mass is 429 g/mol. The van der Waals surface area contributed by atoms with E-state index in [-0.39, 0.29) is 0 Å². The Hall–Kier alpha value is -3.89.